The molecule has 0 radical (unpaired) electrons. The van der Waals surface area contributed by atoms with E-state index in [0.29, 0.717) is 16.9 Å². The van der Waals surface area contributed by atoms with Gasteiger partial charge in [-0.3, -0.25) is 0 Å². The molecule has 0 aromatic carbocycles. The van der Waals surface area contributed by atoms with Crippen LogP contribution in [0.2, 0.25) is 0 Å². The summed E-state index contributed by atoms with van der Waals surface area (Å²) in [6, 6.07) is 0. The summed E-state index contributed by atoms with van der Waals surface area (Å²) in [7, 11) is 0. The van der Waals surface area contributed by atoms with Crippen molar-refractivity contribution < 1.29 is 9.47 Å². The van der Waals surface area contributed by atoms with Crippen molar-refractivity contribution in [3.05, 3.63) is 0 Å². The summed E-state index contributed by atoms with van der Waals surface area (Å²) in [6.07, 6.45) is 5.29. The number of rotatable bonds is 0. The molecule has 1 heterocycles. The maximum absolute atomic E-state index is 6.54. The van der Waals surface area contributed by atoms with Gasteiger partial charge in [0.25, 0.3) is 0 Å². The third kappa shape index (κ3) is 1.37. The fourth-order valence-electron chi connectivity index (χ4n) is 5.38. The van der Waals surface area contributed by atoms with Gasteiger partial charge in [-0.2, -0.15) is 0 Å². The Balaban J connectivity index is 2.02. The minimum absolute atomic E-state index is 0.0422. The Morgan fingerprint density at radius 1 is 1.00 bits per heavy atom. The average Bonchev–Trinajstić information content (AvgIpc) is 2.46. The van der Waals surface area contributed by atoms with Crippen LogP contribution in [0.25, 0.3) is 0 Å². The van der Waals surface area contributed by atoms with Crippen LogP contribution in [0.15, 0.2) is 0 Å². The molecule has 3 aliphatic rings. The Labute approximate surface area is 111 Å². The quantitative estimate of drug-likeness (QED) is 0.645. The normalized spacial score (nSPS) is 53.0. The van der Waals surface area contributed by atoms with Gasteiger partial charge in [0.05, 0.1) is 11.7 Å². The minimum Gasteiger partial charge on any atom is -0.347 e. The highest BCUT2D eigenvalue weighted by molar-refractivity contribution is 5.19. The van der Waals surface area contributed by atoms with E-state index < -0.39 is 5.79 Å². The zero-order valence-corrected chi connectivity index (χ0v) is 12.8. The van der Waals surface area contributed by atoms with Gasteiger partial charge in [0.15, 0.2) is 5.79 Å². The molecule has 2 saturated carbocycles. The van der Waals surface area contributed by atoms with Gasteiger partial charge < -0.3 is 9.47 Å². The van der Waals surface area contributed by atoms with Crippen LogP contribution < -0.4 is 0 Å². The highest BCUT2D eigenvalue weighted by Crippen LogP contribution is 2.72. The van der Waals surface area contributed by atoms with E-state index in [9.17, 15) is 0 Å². The van der Waals surface area contributed by atoms with Crippen LogP contribution in [0.3, 0.4) is 0 Å². The first-order valence-corrected chi connectivity index (χ1v) is 7.50. The van der Waals surface area contributed by atoms with Gasteiger partial charge in [0, 0.05) is 11.8 Å². The molecule has 1 aliphatic heterocycles. The predicted molar refractivity (Wildman–Crippen MR) is 72.3 cm³/mol. The molecule has 4 atom stereocenters. The highest BCUT2D eigenvalue weighted by Gasteiger charge is 2.71. The van der Waals surface area contributed by atoms with Crippen molar-refractivity contribution in [1.29, 1.82) is 0 Å². The summed E-state index contributed by atoms with van der Waals surface area (Å²) in [4.78, 5) is 0. The topological polar surface area (TPSA) is 18.5 Å². The van der Waals surface area contributed by atoms with E-state index in [1.54, 1.807) is 0 Å². The first-order valence-electron chi connectivity index (χ1n) is 7.50. The van der Waals surface area contributed by atoms with Crippen LogP contribution in [0, 0.1) is 16.7 Å². The van der Waals surface area contributed by atoms with Crippen LogP contribution >= 0.6 is 0 Å². The fourth-order valence-corrected chi connectivity index (χ4v) is 5.38. The molecule has 2 nitrogen and oxygen atoms in total. The second kappa shape index (κ2) is 3.32. The molecule has 3 rings (SSSR count). The molecular weight excluding hydrogens is 224 g/mol. The lowest BCUT2D eigenvalue weighted by molar-refractivity contribution is -0.356. The first-order chi connectivity index (χ1) is 8.12. The lowest BCUT2D eigenvalue weighted by Gasteiger charge is -2.55. The van der Waals surface area contributed by atoms with Crippen molar-refractivity contribution in [3.8, 4) is 0 Å². The van der Waals surface area contributed by atoms with Crippen LogP contribution in [0.4, 0.5) is 0 Å². The van der Waals surface area contributed by atoms with Crippen molar-refractivity contribution in [2.24, 2.45) is 16.7 Å². The average molecular weight is 252 g/mol. The molecule has 3 fully saturated rings. The number of fused-ring (bicyclic) bond motifs is 3. The second-order valence-electron chi connectivity index (χ2n) is 8.12. The Morgan fingerprint density at radius 2 is 1.67 bits per heavy atom. The molecular formula is C16H28O2. The number of hydrogen-bond acceptors (Lipinski definition) is 2. The second-order valence-corrected chi connectivity index (χ2v) is 8.12. The van der Waals surface area contributed by atoms with E-state index >= 15 is 0 Å². The molecule has 104 valence electrons. The van der Waals surface area contributed by atoms with E-state index in [-0.39, 0.29) is 5.60 Å². The van der Waals surface area contributed by atoms with Crippen LogP contribution in [0.1, 0.15) is 67.2 Å². The van der Waals surface area contributed by atoms with Gasteiger partial charge in [-0.1, -0.05) is 20.8 Å². The molecule has 0 aromatic rings. The van der Waals surface area contributed by atoms with Crippen molar-refractivity contribution in [2.45, 2.75) is 84.7 Å². The van der Waals surface area contributed by atoms with Crippen LogP contribution in [-0.2, 0) is 9.47 Å². The minimum atomic E-state index is -0.429. The van der Waals surface area contributed by atoms with Crippen molar-refractivity contribution in [1.82, 2.24) is 0 Å². The molecule has 2 aliphatic carbocycles. The summed E-state index contributed by atoms with van der Waals surface area (Å²) in [6.45, 7) is 13.7. The van der Waals surface area contributed by atoms with Gasteiger partial charge in [-0.25, -0.2) is 0 Å². The summed E-state index contributed by atoms with van der Waals surface area (Å²) in [5, 5.41) is 0. The lowest BCUT2D eigenvalue weighted by Crippen LogP contribution is -2.59. The van der Waals surface area contributed by atoms with Gasteiger partial charge in [0.2, 0.25) is 0 Å². The van der Waals surface area contributed by atoms with Gasteiger partial charge in [-0.15, -0.1) is 0 Å². The fraction of sp³-hybridized carbons (Fsp3) is 1.00. The van der Waals surface area contributed by atoms with Gasteiger partial charge in [-0.05, 0) is 51.4 Å². The van der Waals surface area contributed by atoms with Crippen molar-refractivity contribution >= 4 is 0 Å². The molecule has 0 aromatic heterocycles. The van der Waals surface area contributed by atoms with E-state index in [1.807, 2.05) is 0 Å². The van der Waals surface area contributed by atoms with Gasteiger partial charge >= 0.3 is 0 Å². The summed E-state index contributed by atoms with van der Waals surface area (Å²) in [5.41, 5.74) is 0.751. The molecule has 2 heteroatoms. The molecule has 0 N–H and O–H groups in total. The third-order valence-electron chi connectivity index (χ3n) is 6.56. The Morgan fingerprint density at radius 3 is 2.11 bits per heavy atom. The lowest BCUT2D eigenvalue weighted by atomic mass is 9.62. The maximum Gasteiger partial charge on any atom is 0.163 e. The Hall–Kier alpha value is -0.0800. The van der Waals surface area contributed by atoms with E-state index in [1.165, 1.54) is 19.3 Å². The van der Waals surface area contributed by atoms with E-state index in [0.717, 1.165) is 12.3 Å². The molecule has 0 amide bonds. The molecule has 4 unspecified atom stereocenters. The van der Waals surface area contributed by atoms with Crippen LogP contribution in [0.5, 0.6) is 0 Å². The van der Waals surface area contributed by atoms with Crippen molar-refractivity contribution in [3.63, 3.8) is 0 Å². The first kappa shape index (κ1) is 12.9. The summed E-state index contributed by atoms with van der Waals surface area (Å²) < 4.78 is 12.5. The van der Waals surface area contributed by atoms with E-state index in [4.69, 9.17) is 9.47 Å². The summed E-state index contributed by atoms with van der Waals surface area (Å²) in [5.74, 6) is 0.393. The smallest absolute Gasteiger partial charge is 0.163 e. The SMILES string of the molecule is CC1CC2(CC3CCC2(C)C3(C)C)OC(C)(C)O1. The predicted octanol–water partition coefficient (Wildman–Crippen LogP) is 4.13. The number of hydrogen-bond donors (Lipinski definition) is 0. The molecule has 1 saturated heterocycles. The standard InChI is InChI=1S/C16H28O2/c1-11-9-16(18-14(4,5)17-11)10-12-7-8-15(16,6)13(12,2)3/h11-12H,7-10H2,1-6H3. The maximum atomic E-state index is 6.54. The molecule has 1 spiro atoms. The Kier molecular flexibility index (Phi) is 2.39. The molecule has 18 heavy (non-hydrogen) atoms. The van der Waals surface area contributed by atoms with Crippen LogP contribution in [-0.4, -0.2) is 17.5 Å². The monoisotopic (exact) mass is 252 g/mol. The highest BCUT2D eigenvalue weighted by atomic mass is 16.7. The third-order valence-corrected chi connectivity index (χ3v) is 6.56. The number of ether oxygens (including phenoxy) is 2. The van der Waals surface area contributed by atoms with Crippen molar-refractivity contribution in [2.75, 3.05) is 0 Å². The van der Waals surface area contributed by atoms with E-state index in [2.05, 4.69) is 41.5 Å². The zero-order valence-electron chi connectivity index (χ0n) is 12.8. The largest absolute Gasteiger partial charge is 0.347 e. The Bertz CT molecular complexity index is 373. The summed E-state index contributed by atoms with van der Waals surface area (Å²) >= 11 is 0. The van der Waals surface area contributed by atoms with Gasteiger partial charge in [0.1, 0.15) is 0 Å². The zero-order chi connectivity index (χ0) is 13.4. The molecule has 2 bridgehead atoms.